The Balaban J connectivity index is 2.08. The maximum absolute atomic E-state index is 12.0. The van der Waals surface area contributed by atoms with E-state index in [1.165, 1.54) is 11.3 Å². The van der Waals surface area contributed by atoms with Crippen LogP contribution in [0.1, 0.15) is 38.8 Å². The van der Waals surface area contributed by atoms with Gasteiger partial charge in [-0.2, -0.15) is 0 Å². The number of primary amides is 1. The van der Waals surface area contributed by atoms with Crippen LogP contribution < -0.4 is 16.8 Å². The minimum atomic E-state index is -0.510. The molecule has 0 aliphatic rings. The molecular formula is C13H14N4O2S. The number of nitrogens with zero attached hydrogens (tertiary/aromatic N) is 1. The van der Waals surface area contributed by atoms with Crippen molar-refractivity contribution >= 4 is 28.8 Å². The van der Waals surface area contributed by atoms with Crippen molar-refractivity contribution in [2.24, 2.45) is 11.5 Å². The van der Waals surface area contributed by atoms with E-state index < -0.39 is 5.91 Å². The standard InChI is InChI=1S/C13H14N4O2S/c1-7(14)13-17-10(6-20-13)12(19)16-9-4-2-8(3-5-9)11(15)18/h2-7H,14H2,1H3,(H2,15,18)(H,16,19). The summed E-state index contributed by atoms with van der Waals surface area (Å²) in [5.74, 6) is -0.830. The molecule has 0 saturated heterocycles. The normalized spacial score (nSPS) is 11.9. The van der Waals surface area contributed by atoms with Gasteiger partial charge in [-0.05, 0) is 31.2 Å². The second-order valence-corrected chi connectivity index (χ2v) is 5.15. The molecule has 1 atom stereocenters. The Bertz CT molecular complexity index is 634. The van der Waals surface area contributed by atoms with Crippen LogP contribution in [0, 0.1) is 0 Å². The molecule has 1 unspecified atom stereocenters. The molecule has 0 spiro atoms. The molecule has 2 aromatic rings. The fourth-order valence-corrected chi connectivity index (χ4v) is 2.27. The van der Waals surface area contributed by atoms with Gasteiger partial charge in [-0.1, -0.05) is 0 Å². The van der Waals surface area contributed by atoms with Crippen LogP contribution in [-0.2, 0) is 0 Å². The van der Waals surface area contributed by atoms with E-state index in [4.69, 9.17) is 11.5 Å². The third-order valence-electron chi connectivity index (χ3n) is 2.57. The second kappa shape index (κ2) is 5.81. The van der Waals surface area contributed by atoms with Crippen LogP contribution in [0.25, 0.3) is 0 Å². The number of nitrogens with one attached hydrogen (secondary N) is 1. The van der Waals surface area contributed by atoms with Crippen molar-refractivity contribution in [1.29, 1.82) is 0 Å². The Kier molecular flexibility index (Phi) is 4.11. The van der Waals surface area contributed by atoms with E-state index in [2.05, 4.69) is 10.3 Å². The van der Waals surface area contributed by atoms with Gasteiger partial charge in [0.25, 0.3) is 5.91 Å². The van der Waals surface area contributed by atoms with E-state index in [1.54, 1.807) is 29.6 Å². The van der Waals surface area contributed by atoms with Gasteiger partial charge in [0.2, 0.25) is 5.91 Å². The van der Waals surface area contributed by atoms with Crippen LogP contribution >= 0.6 is 11.3 Å². The summed E-state index contributed by atoms with van der Waals surface area (Å²) in [5, 5.41) is 5.06. The lowest BCUT2D eigenvalue weighted by Gasteiger charge is -2.04. The predicted octanol–water partition coefficient (Wildman–Crippen LogP) is 1.51. The lowest BCUT2D eigenvalue weighted by atomic mass is 10.2. The Labute approximate surface area is 119 Å². The van der Waals surface area contributed by atoms with Gasteiger partial charge in [0.1, 0.15) is 10.7 Å². The molecule has 0 saturated carbocycles. The number of carbonyl (C=O) groups is 2. The monoisotopic (exact) mass is 290 g/mol. The molecule has 0 fully saturated rings. The molecule has 104 valence electrons. The van der Waals surface area contributed by atoms with Gasteiger partial charge < -0.3 is 16.8 Å². The van der Waals surface area contributed by atoms with Crippen LogP contribution in [0.3, 0.4) is 0 Å². The van der Waals surface area contributed by atoms with Gasteiger partial charge in [0, 0.05) is 16.6 Å². The zero-order chi connectivity index (χ0) is 14.7. The lowest BCUT2D eigenvalue weighted by molar-refractivity contribution is 0.0998. The molecule has 20 heavy (non-hydrogen) atoms. The smallest absolute Gasteiger partial charge is 0.275 e. The van der Waals surface area contributed by atoms with Crippen molar-refractivity contribution in [3.63, 3.8) is 0 Å². The number of thiazole rings is 1. The highest BCUT2D eigenvalue weighted by molar-refractivity contribution is 7.09. The summed E-state index contributed by atoms with van der Waals surface area (Å²) in [5.41, 5.74) is 12.1. The number of anilines is 1. The molecule has 5 N–H and O–H groups in total. The minimum Gasteiger partial charge on any atom is -0.366 e. The van der Waals surface area contributed by atoms with Gasteiger partial charge in [0.15, 0.2) is 0 Å². The molecular weight excluding hydrogens is 276 g/mol. The van der Waals surface area contributed by atoms with E-state index >= 15 is 0 Å². The highest BCUT2D eigenvalue weighted by Gasteiger charge is 2.13. The summed E-state index contributed by atoms with van der Waals surface area (Å²) >= 11 is 1.34. The van der Waals surface area contributed by atoms with Crippen molar-refractivity contribution in [3.8, 4) is 0 Å². The SMILES string of the molecule is CC(N)c1nc(C(=O)Nc2ccc(C(N)=O)cc2)cs1. The van der Waals surface area contributed by atoms with Crippen molar-refractivity contribution in [3.05, 3.63) is 45.9 Å². The number of hydrogen-bond donors (Lipinski definition) is 3. The fourth-order valence-electron chi connectivity index (χ4n) is 1.51. The Morgan fingerprint density at radius 2 is 1.95 bits per heavy atom. The van der Waals surface area contributed by atoms with Crippen LogP contribution in [0.4, 0.5) is 5.69 Å². The highest BCUT2D eigenvalue weighted by atomic mass is 32.1. The first-order valence-corrected chi connectivity index (χ1v) is 6.77. The average Bonchev–Trinajstić information content (AvgIpc) is 2.89. The summed E-state index contributed by atoms with van der Waals surface area (Å²) in [6, 6.07) is 6.11. The molecule has 1 aromatic heterocycles. The molecule has 0 bridgehead atoms. The molecule has 2 rings (SSSR count). The van der Waals surface area contributed by atoms with Gasteiger partial charge >= 0.3 is 0 Å². The van der Waals surface area contributed by atoms with Crippen molar-refractivity contribution < 1.29 is 9.59 Å². The number of carbonyl (C=O) groups excluding carboxylic acids is 2. The number of nitrogens with two attached hydrogens (primary N) is 2. The van der Waals surface area contributed by atoms with E-state index in [0.717, 1.165) is 0 Å². The molecule has 6 nitrogen and oxygen atoms in total. The van der Waals surface area contributed by atoms with E-state index in [1.807, 2.05) is 6.92 Å². The molecule has 1 heterocycles. The van der Waals surface area contributed by atoms with Gasteiger partial charge in [-0.3, -0.25) is 9.59 Å². The quantitative estimate of drug-likeness (QED) is 0.792. The van der Waals surface area contributed by atoms with E-state index in [-0.39, 0.29) is 11.9 Å². The number of hydrogen-bond acceptors (Lipinski definition) is 5. The number of amides is 2. The largest absolute Gasteiger partial charge is 0.366 e. The summed E-state index contributed by atoms with van der Waals surface area (Å²) in [7, 11) is 0. The molecule has 2 amide bonds. The topological polar surface area (TPSA) is 111 Å². The van der Waals surface area contributed by atoms with E-state index in [9.17, 15) is 9.59 Å². The Morgan fingerprint density at radius 1 is 1.30 bits per heavy atom. The first-order chi connectivity index (χ1) is 9.47. The average molecular weight is 290 g/mol. The first kappa shape index (κ1) is 14.2. The number of aromatic nitrogens is 1. The zero-order valence-corrected chi connectivity index (χ0v) is 11.6. The Hall–Kier alpha value is -2.25. The third-order valence-corrected chi connectivity index (χ3v) is 3.62. The minimum absolute atomic E-state index is 0.198. The number of rotatable bonds is 4. The third kappa shape index (κ3) is 3.19. The van der Waals surface area contributed by atoms with Crippen LogP contribution in [-0.4, -0.2) is 16.8 Å². The predicted molar refractivity (Wildman–Crippen MR) is 77.6 cm³/mol. The van der Waals surface area contributed by atoms with Crippen LogP contribution in [0.2, 0.25) is 0 Å². The summed E-state index contributed by atoms with van der Waals surface area (Å²) in [4.78, 5) is 27.1. The molecule has 0 aliphatic heterocycles. The summed E-state index contributed by atoms with van der Waals surface area (Å²) < 4.78 is 0. The first-order valence-electron chi connectivity index (χ1n) is 5.89. The number of benzene rings is 1. The van der Waals surface area contributed by atoms with Gasteiger partial charge in [-0.15, -0.1) is 11.3 Å². The summed E-state index contributed by atoms with van der Waals surface area (Å²) in [6.45, 7) is 1.81. The maximum atomic E-state index is 12.0. The molecule has 1 aromatic carbocycles. The van der Waals surface area contributed by atoms with Crippen molar-refractivity contribution in [1.82, 2.24) is 4.98 Å². The summed E-state index contributed by atoms with van der Waals surface area (Å²) in [6.07, 6.45) is 0. The van der Waals surface area contributed by atoms with Crippen LogP contribution in [0.5, 0.6) is 0 Å². The molecule has 7 heteroatoms. The fraction of sp³-hybridized carbons (Fsp3) is 0.154. The van der Waals surface area contributed by atoms with Gasteiger partial charge in [-0.25, -0.2) is 4.98 Å². The molecule has 0 aliphatic carbocycles. The zero-order valence-electron chi connectivity index (χ0n) is 10.8. The van der Waals surface area contributed by atoms with Crippen LogP contribution in [0.15, 0.2) is 29.6 Å². The molecule has 0 radical (unpaired) electrons. The van der Waals surface area contributed by atoms with Gasteiger partial charge in [0.05, 0.1) is 6.04 Å². The highest BCUT2D eigenvalue weighted by Crippen LogP contribution is 2.17. The maximum Gasteiger partial charge on any atom is 0.275 e. The van der Waals surface area contributed by atoms with Crippen molar-refractivity contribution in [2.75, 3.05) is 5.32 Å². The second-order valence-electron chi connectivity index (χ2n) is 4.26. The van der Waals surface area contributed by atoms with Crippen molar-refractivity contribution in [2.45, 2.75) is 13.0 Å². The van der Waals surface area contributed by atoms with E-state index in [0.29, 0.717) is 22.0 Å². The lowest BCUT2D eigenvalue weighted by Crippen LogP contribution is -2.14. The Morgan fingerprint density at radius 3 is 2.45 bits per heavy atom.